The minimum atomic E-state index is -0.981. The van der Waals surface area contributed by atoms with Crippen LogP contribution in [-0.4, -0.2) is 68.4 Å². The van der Waals surface area contributed by atoms with Crippen molar-refractivity contribution in [2.75, 3.05) is 19.8 Å². The molecule has 0 aromatic carbocycles. The lowest BCUT2D eigenvalue weighted by molar-refractivity contribution is -0.132. The van der Waals surface area contributed by atoms with E-state index in [9.17, 15) is 14.4 Å². The van der Waals surface area contributed by atoms with Crippen LogP contribution < -0.4 is 0 Å². The number of hydrogen-bond acceptors (Lipinski definition) is 6. The number of carbonyl (C=O) groups is 3. The van der Waals surface area contributed by atoms with Crippen molar-refractivity contribution in [1.82, 2.24) is 0 Å². The highest BCUT2D eigenvalue weighted by molar-refractivity contribution is 5.79. The van der Waals surface area contributed by atoms with Crippen LogP contribution in [0.5, 0.6) is 0 Å². The summed E-state index contributed by atoms with van der Waals surface area (Å²) in [4.78, 5) is 27.8. The van der Waals surface area contributed by atoms with E-state index < -0.39 is 23.3 Å². The first-order valence-electron chi connectivity index (χ1n) is 7.36. The van der Waals surface area contributed by atoms with Gasteiger partial charge in [0.15, 0.2) is 0 Å². The molecule has 0 amide bonds. The van der Waals surface area contributed by atoms with Crippen molar-refractivity contribution in [3.8, 4) is 0 Å². The van der Waals surface area contributed by atoms with E-state index in [4.69, 9.17) is 30.6 Å². The molecule has 0 aromatic heterocycles. The van der Waals surface area contributed by atoms with Gasteiger partial charge in [-0.05, 0) is 5.92 Å². The normalized spacial score (nSPS) is 10.0. The van der Waals surface area contributed by atoms with E-state index in [1.807, 2.05) is 13.8 Å². The van der Waals surface area contributed by atoms with Gasteiger partial charge in [0.05, 0.1) is 19.8 Å². The molecule has 0 fully saturated rings. The van der Waals surface area contributed by atoms with E-state index in [1.165, 1.54) is 0 Å². The molecule has 152 valence electrons. The largest absolute Gasteiger partial charge is 0.478 e. The van der Waals surface area contributed by atoms with Crippen LogP contribution in [0.4, 0.5) is 0 Å². The zero-order valence-electron chi connectivity index (χ0n) is 15.2. The van der Waals surface area contributed by atoms with Crippen LogP contribution in [0.15, 0.2) is 38.0 Å². The summed E-state index contributed by atoms with van der Waals surface area (Å²) < 4.78 is 0. The first-order chi connectivity index (χ1) is 12.0. The Kier molecular flexibility index (Phi) is 24.7. The molecule has 0 rings (SSSR count). The molecular formula is C17H30O9. The fraction of sp³-hybridized carbons (Fsp3) is 0.471. The van der Waals surface area contributed by atoms with Crippen LogP contribution in [0.25, 0.3) is 0 Å². The van der Waals surface area contributed by atoms with Crippen LogP contribution in [0.1, 0.15) is 20.3 Å². The van der Waals surface area contributed by atoms with Gasteiger partial charge in [-0.3, -0.25) is 0 Å². The van der Waals surface area contributed by atoms with E-state index in [1.54, 1.807) is 0 Å². The van der Waals surface area contributed by atoms with Crippen LogP contribution in [0.3, 0.4) is 0 Å². The summed E-state index contributed by atoms with van der Waals surface area (Å²) in [5.74, 6) is -2.80. The van der Waals surface area contributed by atoms with Gasteiger partial charge in [-0.15, -0.1) is 0 Å². The molecule has 9 nitrogen and oxygen atoms in total. The standard InChI is InChI=1S/C8H18O3.3C3H4O2/c1-3-7(2)8(4-9,5-10)6-11;3*1-2-3(4)5/h7,9-11H,3-6H2,1-2H3;3*2H,1H2,(H,4,5). The molecule has 0 aliphatic rings. The average molecular weight is 378 g/mol. The van der Waals surface area contributed by atoms with Gasteiger partial charge < -0.3 is 30.6 Å². The zero-order chi connectivity index (χ0) is 21.8. The van der Waals surface area contributed by atoms with Gasteiger partial charge in [0.25, 0.3) is 0 Å². The van der Waals surface area contributed by atoms with Gasteiger partial charge >= 0.3 is 17.9 Å². The molecule has 0 aromatic rings. The highest BCUT2D eigenvalue weighted by Gasteiger charge is 2.33. The summed E-state index contributed by atoms with van der Waals surface area (Å²) in [5, 5.41) is 49.7. The van der Waals surface area contributed by atoms with Crippen molar-refractivity contribution in [2.24, 2.45) is 11.3 Å². The predicted octanol–water partition coefficient (Wildman–Crippen LogP) is 0.767. The van der Waals surface area contributed by atoms with Gasteiger partial charge in [-0.1, -0.05) is 40.0 Å². The molecule has 0 aliphatic carbocycles. The Labute approximate surface area is 153 Å². The Morgan fingerprint density at radius 2 is 1.00 bits per heavy atom. The van der Waals surface area contributed by atoms with Crippen molar-refractivity contribution < 1.29 is 45.0 Å². The number of carboxylic acid groups (broad SMARTS) is 3. The minimum Gasteiger partial charge on any atom is -0.478 e. The summed E-state index contributed by atoms with van der Waals surface area (Å²) in [6, 6.07) is 0. The summed E-state index contributed by atoms with van der Waals surface area (Å²) >= 11 is 0. The first kappa shape index (κ1) is 31.3. The molecule has 0 bridgehead atoms. The molecule has 1 atom stereocenters. The third-order valence-corrected chi connectivity index (χ3v) is 3.13. The highest BCUT2D eigenvalue weighted by Crippen LogP contribution is 2.28. The summed E-state index contributed by atoms with van der Waals surface area (Å²) in [6.07, 6.45) is 3.35. The molecule has 0 aliphatic heterocycles. The number of rotatable bonds is 8. The van der Waals surface area contributed by atoms with Crippen molar-refractivity contribution in [3.63, 3.8) is 0 Å². The molecule has 0 saturated heterocycles. The molecule has 6 N–H and O–H groups in total. The van der Waals surface area contributed by atoms with E-state index in [-0.39, 0.29) is 25.7 Å². The van der Waals surface area contributed by atoms with Crippen molar-refractivity contribution >= 4 is 17.9 Å². The molecule has 0 saturated carbocycles. The fourth-order valence-corrected chi connectivity index (χ4v) is 1.05. The Morgan fingerprint density at radius 1 is 0.808 bits per heavy atom. The third kappa shape index (κ3) is 21.5. The molecular weight excluding hydrogens is 348 g/mol. The van der Waals surface area contributed by atoms with Crippen molar-refractivity contribution in [1.29, 1.82) is 0 Å². The fourth-order valence-electron chi connectivity index (χ4n) is 1.05. The van der Waals surface area contributed by atoms with E-state index in [0.29, 0.717) is 0 Å². The lowest BCUT2D eigenvalue weighted by Crippen LogP contribution is -2.40. The smallest absolute Gasteiger partial charge is 0.327 e. The second-order valence-electron chi connectivity index (χ2n) is 4.77. The minimum absolute atomic E-state index is 0.141. The molecule has 0 spiro atoms. The van der Waals surface area contributed by atoms with E-state index in [2.05, 4.69) is 19.7 Å². The Balaban J connectivity index is -0.000000136. The maximum absolute atomic E-state index is 9.25. The number of carboxylic acids is 3. The van der Waals surface area contributed by atoms with Crippen molar-refractivity contribution in [2.45, 2.75) is 20.3 Å². The van der Waals surface area contributed by atoms with E-state index in [0.717, 1.165) is 24.6 Å². The lowest BCUT2D eigenvalue weighted by Gasteiger charge is -2.33. The number of aliphatic hydroxyl groups excluding tert-OH is 3. The summed E-state index contributed by atoms with van der Waals surface area (Å²) in [5.41, 5.74) is -0.700. The maximum atomic E-state index is 9.25. The van der Waals surface area contributed by atoms with Crippen LogP contribution in [0, 0.1) is 11.3 Å². The second-order valence-corrected chi connectivity index (χ2v) is 4.77. The third-order valence-electron chi connectivity index (χ3n) is 3.13. The summed E-state index contributed by atoms with van der Waals surface area (Å²) in [7, 11) is 0. The number of hydrogen-bond donors (Lipinski definition) is 6. The zero-order valence-corrected chi connectivity index (χ0v) is 15.2. The van der Waals surface area contributed by atoms with Gasteiger partial charge in [-0.25, -0.2) is 14.4 Å². The van der Waals surface area contributed by atoms with Crippen molar-refractivity contribution in [3.05, 3.63) is 38.0 Å². The molecule has 26 heavy (non-hydrogen) atoms. The quantitative estimate of drug-likeness (QED) is 0.333. The van der Waals surface area contributed by atoms with E-state index >= 15 is 0 Å². The van der Waals surface area contributed by atoms with Crippen LogP contribution in [-0.2, 0) is 14.4 Å². The van der Waals surface area contributed by atoms with Crippen LogP contribution in [0.2, 0.25) is 0 Å². The van der Waals surface area contributed by atoms with Gasteiger partial charge in [-0.2, -0.15) is 0 Å². The molecule has 1 unspecified atom stereocenters. The predicted molar refractivity (Wildman–Crippen MR) is 96.6 cm³/mol. The SMILES string of the molecule is C=CC(=O)O.C=CC(=O)O.C=CC(=O)O.CCC(C)C(CO)(CO)CO. The summed E-state index contributed by atoms with van der Waals surface area (Å²) in [6.45, 7) is 12.3. The monoisotopic (exact) mass is 378 g/mol. The Hall–Kier alpha value is -2.49. The molecule has 0 radical (unpaired) electrons. The highest BCUT2D eigenvalue weighted by atomic mass is 16.4. The van der Waals surface area contributed by atoms with Gasteiger partial charge in [0, 0.05) is 23.6 Å². The Morgan fingerprint density at radius 3 is 1.04 bits per heavy atom. The Bertz CT molecular complexity index is 375. The second kappa shape index (κ2) is 20.6. The lowest BCUT2D eigenvalue weighted by atomic mass is 9.77. The first-order valence-corrected chi connectivity index (χ1v) is 7.36. The molecule has 9 heteroatoms. The topological polar surface area (TPSA) is 173 Å². The van der Waals surface area contributed by atoms with Crippen LogP contribution >= 0.6 is 0 Å². The maximum Gasteiger partial charge on any atom is 0.327 e. The number of aliphatic carboxylic acids is 3. The molecule has 0 heterocycles. The average Bonchev–Trinajstić information content (AvgIpc) is 2.64. The number of aliphatic hydroxyl groups is 3. The van der Waals surface area contributed by atoms with Gasteiger partial charge in [0.2, 0.25) is 0 Å². The van der Waals surface area contributed by atoms with Gasteiger partial charge in [0.1, 0.15) is 0 Å².